The number of hydrogen-bond acceptors (Lipinski definition) is 15. The van der Waals surface area contributed by atoms with Crippen molar-refractivity contribution in [1.29, 1.82) is 0 Å². The van der Waals surface area contributed by atoms with Gasteiger partial charge < -0.3 is 66.3 Å². The zero-order valence-corrected chi connectivity index (χ0v) is 46.6. The summed E-state index contributed by atoms with van der Waals surface area (Å²) in [6.07, 6.45) is 26.7. The average Bonchev–Trinajstić information content (AvgIpc) is 3.38. The van der Waals surface area contributed by atoms with Gasteiger partial charge in [-0.3, -0.25) is 0 Å². The first-order valence-corrected chi connectivity index (χ1v) is 28.9. The molecule has 0 aromatic carbocycles. The van der Waals surface area contributed by atoms with Gasteiger partial charge in [0.1, 0.15) is 0 Å². The van der Waals surface area contributed by atoms with Crippen molar-refractivity contribution in [2.75, 3.05) is 179 Å². The summed E-state index contributed by atoms with van der Waals surface area (Å²) in [6, 6.07) is 0. The maximum atomic E-state index is 11.3. The second-order valence-electron chi connectivity index (χ2n) is 18.4. The fourth-order valence-electron chi connectivity index (χ4n) is 6.76. The molecular weight excluding hydrogens is 925 g/mol. The van der Waals surface area contributed by atoms with Crippen molar-refractivity contribution in [2.24, 2.45) is 0 Å². The van der Waals surface area contributed by atoms with E-state index >= 15 is 0 Å². The van der Waals surface area contributed by atoms with Crippen LogP contribution in [0.3, 0.4) is 0 Å². The van der Waals surface area contributed by atoms with Gasteiger partial charge in [0.15, 0.2) is 0 Å². The lowest BCUT2D eigenvalue weighted by atomic mass is 10.3. The first-order chi connectivity index (χ1) is 35.7. The van der Waals surface area contributed by atoms with Gasteiger partial charge in [0.25, 0.3) is 0 Å². The van der Waals surface area contributed by atoms with Crippen LogP contribution in [0.5, 0.6) is 0 Å². The van der Waals surface area contributed by atoms with E-state index in [0.717, 1.165) is 326 Å². The van der Waals surface area contributed by atoms with E-state index in [1.807, 2.05) is 0 Å². The predicted octanol–water partition coefficient (Wildman–Crippen LogP) is 11.1. The molecule has 15 heteroatoms. The topological polar surface area (TPSA) is 146 Å². The average molecular weight is 1040 g/mol. The largest absolute Gasteiger partial charge is 0.462 e. The van der Waals surface area contributed by atoms with Crippen LogP contribution in [-0.2, 0) is 71.1 Å². The fraction of sp³-hybridized carbons (Fsp3) is 0.947. The first kappa shape index (κ1) is 70.7. The maximum Gasteiger partial charge on any atom is 0.333 e. The van der Waals surface area contributed by atoms with E-state index in [4.69, 9.17) is 66.3 Å². The Hall–Kier alpha value is -1.31. The zero-order valence-electron chi connectivity index (χ0n) is 46.6. The predicted molar refractivity (Wildman–Crippen MR) is 288 cm³/mol. The van der Waals surface area contributed by atoms with Gasteiger partial charge in [0.2, 0.25) is 0 Å². The molecule has 0 saturated heterocycles. The Morgan fingerprint density at radius 2 is 0.361 bits per heavy atom. The molecule has 0 N–H and O–H groups in total. The van der Waals surface area contributed by atoms with Crippen LogP contribution in [-0.4, -0.2) is 185 Å². The van der Waals surface area contributed by atoms with Gasteiger partial charge in [0, 0.05) is 178 Å². The first-order valence-electron chi connectivity index (χ1n) is 28.9. The molecule has 0 saturated carbocycles. The number of ether oxygens (including phenoxy) is 14. The summed E-state index contributed by atoms with van der Waals surface area (Å²) in [5.41, 5.74) is 0.436. The fourth-order valence-corrected chi connectivity index (χ4v) is 6.76. The molecule has 0 atom stereocenters. The smallest absolute Gasteiger partial charge is 0.333 e. The van der Waals surface area contributed by atoms with Crippen LogP contribution in [0.2, 0.25) is 0 Å². The summed E-state index contributed by atoms with van der Waals surface area (Å²) in [5, 5.41) is 0. The van der Waals surface area contributed by atoms with Crippen molar-refractivity contribution in [2.45, 2.75) is 174 Å². The van der Waals surface area contributed by atoms with E-state index in [2.05, 4.69) is 6.58 Å². The number of unbranched alkanes of at least 4 members (excludes halogenated alkanes) is 13. The van der Waals surface area contributed by atoms with Crippen molar-refractivity contribution >= 4 is 5.97 Å². The molecule has 0 rings (SSSR count). The highest BCUT2D eigenvalue weighted by Crippen LogP contribution is 2.04. The van der Waals surface area contributed by atoms with E-state index in [-0.39, 0.29) is 5.97 Å². The van der Waals surface area contributed by atoms with E-state index in [9.17, 15) is 4.79 Å². The summed E-state index contributed by atoms with van der Waals surface area (Å²) in [5.74, 6) is -0.323. The Morgan fingerprint density at radius 1 is 0.236 bits per heavy atom. The molecule has 0 aliphatic carbocycles. The van der Waals surface area contributed by atoms with Gasteiger partial charge >= 0.3 is 5.97 Å². The van der Waals surface area contributed by atoms with Crippen molar-refractivity contribution < 1.29 is 71.1 Å². The SMILES string of the molecule is C=C(C)C(=O)OCCCCOCCCCOCCCCOCCCCOCCCCOCCCCOCCCCOCCCCOCCCCOCCCCOCCCCOCCCCOCCCCOC. The van der Waals surface area contributed by atoms with Crippen molar-refractivity contribution in [3.63, 3.8) is 0 Å². The number of carbonyl (C=O) groups is 1. The number of methoxy groups -OCH3 is 1. The monoisotopic (exact) mass is 1040 g/mol. The van der Waals surface area contributed by atoms with E-state index < -0.39 is 0 Å². The van der Waals surface area contributed by atoms with E-state index in [1.54, 1.807) is 14.0 Å². The second kappa shape index (κ2) is 65.8. The van der Waals surface area contributed by atoms with Crippen LogP contribution in [0.4, 0.5) is 0 Å². The third-order valence-electron chi connectivity index (χ3n) is 11.3. The molecule has 0 heterocycles. The van der Waals surface area contributed by atoms with Crippen LogP contribution in [0, 0.1) is 0 Å². The van der Waals surface area contributed by atoms with Crippen molar-refractivity contribution in [3.8, 4) is 0 Å². The summed E-state index contributed by atoms with van der Waals surface area (Å²) in [7, 11) is 1.74. The molecule has 0 bridgehead atoms. The lowest BCUT2D eigenvalue weighted by molar-refractivity contribution is -0.139. The lowest BCUT2D eigenvalue weighted by Crippen LogP contribution is -2.07. The number of esters is 1. The number of rotatable bonds is 66. The third kappa shape index (κ3) is 64.8. The summed E-state index contributed by atoms with van der Waals surface area (Å²) >= 11 is 0. The van der Waals surface area contributed by atoms with Gasteiger partial charge in [-0.05, 0) is 174 Å². The quantitative estimate of drug-likeness (QED) is 0.0323. The highest BCUT2D eigenvalue weighted by Gasteiger charge is 2.03. The highest BCUT2D eigenvalue weighted by atomic mass is 16.5. The molecule has 0 spiro atoms. The van der Waals surface area contributed by atoms with Crippen molar-refractivity contribution in [1.82, 2.24) is 0 Å². The Balaban J connectivity index is 3.08. The third-order valence-corrected chi connectivity index (χ3v) is 11.3. The van der Waals surface area contributed by atoms with Gasteiger partial charge in [-0.15, -0.1) is 0 Å². The normalized spacial score (nSPS) is 11.6. The van der Waals surface area contributed by atoms with Gasteiger partial charge in [-0.2, -0.15) is 0 Å². The molecule has 72 heavy (non-hydrogen) atoms. The highest BCUT2D eigenvalue weighted by molar-refractivity contribution is 5.86. The summed E-state index contributed by atoms with van der Waals surface area (Å²) < 4.78 is 79.0. The molecular formula is C57H112O15. The molecule has 0 aromatic rings. The minimum absolute atomic E-state index is 0.323. The van der Waals surface area contributed by atoms with Crippen LogP contribution in [0.15, 0.2) is 12.2 Å². The molecule has 15 nitrogen and oxygen atoms in total. The molecule has 0 amide bonds. The number of carbonyl (C=O) groups excluding carboxylic acids is 1. The van der Waals surface area contributed by atoms with E-state index in [1.165, 1.54) is 0 Å². The summed E-state index contributed by atoms with van der Waals surface area (Å²) in [4.78, 5) is 11.3. The molecule has 0 unspecified atom stereocenters. The van der Waals surface area contributed by atoms with Crippen LogP contribution < -0.4 is 0 Å². The zero-order chi connectivity index (χ0) is 51.8. The molecule has 0 aliphatic rings. The van der Waals surface area contributed by atoms with Gasteiger partial charge in [-0.25, -0.2) is 4.79 Å². The second-order valence-corrected chi connectivity index (χ2v) is 18.4. The Morgan fingerprint density at radius 3 is 0.486 bits per heavy atom. The van der Waals surface area contributed by atoms with E-state index in [0.29, 0.717) is 18.8 Å². The molecule has 0 fully saturated rings. The Kier molecular flexibility index (Phi) is 64.6. The standard InChI is InChI=1S/C57H112O15/c1-56(2)57(58)72-55-29-28-54-71-53-27-26-52-70-51-25-24-50-69-49-23-22-48-68-47-21-20-46-67-45-19-18-44-66-43-17-16-42-65-41-15-14-40-64-39-13-12-38-63-37-11-10-36-62-35-9-8-34-61-33-7-6-32-60-31-5-4-30-59-3/h1,4-55H2,2-3H3. The lowest BCUT2D eigenvalue weighted by Gasteiger charge is -2.08. The van der Waals surface area contributed by atoms with Crippen LogP contribution in [0.25, 0.3) is 0 Å². The molecule has 0 aromatic heterocycles. The molecule has 430 valence electrons. The van der Waals surface area contributed by atoms with Gasteiger partial charge in [0.05, 0.1) is 6.61 Å². The maximum absolute atomic E-state index is 11.3. The van der Waals surface area contributed by atoms with Gasteiger partial charge in [-0.1, -0.05) is 6.58 Å². The molecule has 0 radical (unpaired) electrons. The Labute approximate surface area is 440 Å². The van der Waals surface area contributed by atoms with Crippen molar-refractivity contribution in [3.05, 3.63) is 12.2 Å². The minimum Gasteiger partial charge on any atom is -0.462 e. The van der Waals surface area contributed by atoms with Crippen LogP contribution in [0.1, 0.15) is 174 Å². The molecule has 0 aliphatic heterocycles. The number of hydrogen-bond donors (Lipinski definition) is 0. The summed E-state index contributed by atoms with van der Waals surface area (Å²) in [6.45, 7) is 25.6. The minimum atomic E-state index is -0.323. The van der Waals surface area contributed by atoms with Crippen LogP contribution >= 0.6 is 0 Å². The Bertz CT molecular complexity index is 1030.